The SMILES string of the molecule is CCc1cc(CC)n(-c2cncc(CNCC(C)C)n2)n1. The summed E-state index contributed by atoms with van der Waals surface area (Å²) in [7, 11) is 0. The van der Waals surface area contributed by atoms with Crippen LogP contribution >= 0.6 is 0 Å². The standard InChI is InChI=1S/C16H25N5/c1-5-13-7-15(6-2)21(20-13)16-11-18-10-14(19-16)9-17-8-12(3)4/h7,10-12,17H,5-6,8-9H2,1-4H3. The molecule has 0 aromatic carbocycles. The zero-order valence-corrected chi connectivity index (χ0v) is 13.4. The van der Waals surface area contributed by atoms with E-state index in [1.807, 2.05) is 10.9 Å². The summed E-state index contributed by atoms with van der Waals surface area (Å²) in [6, 6.07) is 2.14. The van der Waals surface area contributed by atoms with Crippen LogP contribution in [0.4, 0.5) is 0 Å². The van der Waals surface area contributed by atoms with Crippen LogP contribution in [0, 0.1) is 5.92 Å². The normalized spacial score (nSPS) is 11.3. The summed E-state index contributed by atoms with van der Waals surface area (Å²) >= 11 is 0. The van der Waals surface area contributed by atoms with Crippen LogP contribution in [-0.4, -0.2) is 26.3 Å². The van der Waals surface area contributed by atoms with Crippen molar-refractivity contribution in [3.8, 4) is 5.82 Å². The predicted molar refractivity (Wildman–Crippen MR) is 84.5 cm³/mol. The highest BCUT2D eigenvalue weighted by Gasteiger charge is 2.09. The third kappa shape index (κ3) is 4.11. The molecule has 0 saturated heterocycles. The molecule has 2 rings (SSSR count). The Kier molecular flexibility index (Phi) is 5.44. The van der Waals surface area contributed by atoms with Gasteiger partial charge in [-0.3, -0.25) is 4.98 Å². The van der Waals surface area contributed by atoms with E-state index < -0.39 is 0 Å². The lowest BCUT2D eigenvalue weighted by Gasteiger charge is -2.09. The van der Waals surface area contributed by atoms with Crippen LogP contribution < -0.4 is 5.32 Å². The molecule has 2 aromatic heterocycles. The van der Waals surface area contributed by atoms with Gasteiger partial charge in [-0.05, 0) is 31.4 Å². The second-order valence-electron chi connectivity index (χ2n) is 5.64. The molecule has 2 heterocycles. The van der Waals surface area contributed by atoms with Gasteiger partial charge in [-0.1, -0.05) is 27.7 Å². The number of rotatable bonds is 7. The van der Waals surface area contributed by atoms with Gasteiger partial charge in [-0.25, -0.2) is 9.67 Å². The van der Waals surface area contributed by atoms with Crippen LogP contribution in [0.1, 0.15) is 44.8 Å². The molecular weight excluding hydrogens is 262 g/mol. The third-order valence-corrected chi connectivity index (χ3v) is 3.31. The highest BCUT2D eigenvalue weighted by molar-refractivity contribution is 5.25. The molecule has 1 N–H and O–H groups in total. The molecule has 0 aliphatic rings. The summed E-state index contributed by atoms with van der Waals surface area (Å²) in [5.41, 5.74) is 3.22. The Balaban J connectivity index is 2.18. The van der Waals surface area contributed by atoms with Gasteiger partial charge in [0.25, 0.3) is 0 Å². The molecule has 0 unspecified atom stereocenters. The molecule has 0 aliphatic carbocycles. The first-order valence-electron chi connectivity index (χ1n) is 7.73. The van der Waals surface area contributed by atoms with Crippen LogP contribution in [0.5, 0.6) is 0 Å². The summed E-state index contributed by atoms with van der Waals surface area (Å²) in [5, 5.41) is 8.01. The lowest BCUT2D eigenvalue weighted by molar-refractivity contribution is 0.546. The minimum absolute atomic E-state index is 0.631. The highest BCUT2D eigenvalue weighted by Crippen LogP contribution is 2.12. The smallest absolute Gasteiger partial charge is 0.172 e. The number of nitrogens with one attached hydrogen (secondary N) is 1. The first-order valence-corrected chi connectivity index (χ1v) is 7.73. The van der Waals surface area contributed by atoms with Crippen LogP contribution in [0.3, 0.4) is 0 Å². The third-order valence-electron chi connectivity index (χ3n) is 3.31. The molecule has 5 heteroatoms. The average molecular weight is 287 g/mol. The van der Waals surface area contributed by atoms with E-state index >= 15 is 0 Å². The van der Waals surface area contributed by atoms with Gasteiger partial charge in [0.15, 0.2) is 5.82 Å². The van der Waals surface area contributed by atoms with Crippen molar-refractivity contribution >= 4 is 0 Å². The second-order valence-corrected chi connectivity index (χ2v) is 5.64. The number of hydrogen-bond donors (Lipinski definition) is 1. The highest BCUT2D eigenvalue weighted by atomic mass is 15.3. The van der Waals surface area contributed by atoms with Crippen LogP contribution in [-0.2, 0) is 19.4 Å². The van der Waals surface area contributed by atoms with Crippen LogP contribution in [0.15, 0.2) is 18.5 Å². The van der Waals surface area contributed by atoms with Crippen molar-refractivity contribution in [1.82, 2.24) is 25.1 Å². The molecule has 0 spiro atoms. The number of nitrogens with zero attached hydrogens (tertiary/aromatic N) is 4. The van der Waals surface area contributed by atoms with E-state index in [1.165, 1.54) is 5.69 Å². The van der Waals surface area contributed by atoms with Gasteiger partial charge < -0.3 is 5.32 Å². The van der Waals surface area contributed by atoms with E-state index in [4.69, 9.17) is 0 Å². The van der Waals surface area contributed by atoms with Crippen molar-refractivity contribution in [3.63, 3.8) is 0 Å². The molecule has 5 nitrogen and oxygen atoms in total. The van der Waals surface area contributed by atoms with Crippen LogP contribution in [0.2, 0.25) is 0 Å². The molecule has 114 valence electrons. The van der Waals surface area contributed by atoms with Crippen molar-refractivity contribution < 1.29 is 0 Å². The first kappa shape index (κ1) is 15.6. The van der Waals surface area contributed by atoms with Gasteiger partial charge in [-0.2, -0.15) is 5.10 Å². The van der Waals surface area contributed by atoms with Crippen LogP contribution in [0.25, 0.3) is 5.82 Å². The van der Waals surface area contributed by atoms with Gasteiger partial charge in [0.05, 0.1) is 17.6 Å². The molecule has 0 saturated carbocycles. The molecule has 0 amide bonds. The molecular formula is C16H25N5. The maximum Gasteiger partial charge on any atom is 0.172 e. The summed E-state index contributed by atoms with van der Waals surface area (Å²) < 4.78 is 1.91. The minimum atomic E-state index is 0.631. The Morgan fingerprint density at radius 2 is 1.95 bits per heavy atom. The Labute approximate surface area is 126 Å². The van der Waals surface area contributed by atoms with E-state index in [-0.39, 0.29) is 0 Å². The predicted octanol–water partition coefficient (Wildman–Crippen LogP) is 2.53. The molecule has 2 aromatic rings. The summed E-state index contributed by atoms with van der Waals surface area (Å²) in [4.78, 5) is 8.98. The quantitative estimate of drug-likeness (QED) is 0.850. The Bertz CT molecular complexity index is 574. The van der Waals surface area contributed by atoms with Gasteiger partial charge in [-0.15, -0.1) is 0 Å². The lowest BCUT2D eigenvalue weighted by Crippen LogP contribution is -2.20. The molecule has 0 fully saturated rings. The largest absolute Gasteiger partial charge is 0.311 e. The number of aryl methyl sites for hydroxylation is 2. The van der Waals surface area contributed by atoms with Gasteiger partial charge in [0.1, 0.15) is 0 Å². The molecule has 0 radical (unpaired) electrons. The minimum Gasteiger partial charge on any atom is -0.311 e. The van der Waals surface area contributed by atoms with E-state index in [2.05, 4.69) is 54.1 Å². The van der Waals surface area contributed by atoms with Crippen molar-refractivity contribution in [2.75, 3.05) is 6.54 Å². The van der Waals surface area contributed by atoms with Crippen molar-refractivity contribution in [1.29, 1.82) is 0 Å². The fraction of sp³-hybridized carbons (Fsp3) is 0.562. The maximum atomic E-state index is 4.67. The first-order chi connectivity index (χ1) is 10.1. The summed E-state index contributed by atoms with van der Waals surface area (Å²) in [6.07, 6.45) is 5.46. The zero-order valence-electron chi connectivity index (χ0n) is 13.4. The summed E-state index contributed by atoms with van der Waals surface area (Å²) in [5.74, 6) is 1.43. The Morgan fingerprint density at radius 1 is 1.14 bits per heavy atom. The monoisotopic (exact) mass is 287 g/mol. The van der Waals surface area contributed by atoms with E-state index in [1.54, 1.807) is 6.20 Å². The summed E-state index contributed by atoms with van der Waals surface area (Å²) in [6.45, 7) is 10.4. The van der Waals surface area contributed by atoms with Crippen molar-refractivity contribution in [2.24, 2.45) is 5.92 Å². The van der Waals surface area contributed by atoms with Gasteiger partial charge >= 0.3 is 0 Å². The molecule has 0 atom stereocenters. The zero-order chi connectivity index (χ0) is 15.2. The molecule has 0 aliphatic heterocycles. The molecule has 0 bridgehead atoms. The Morgan fingerprint density at radius 3 is 2.62 bits per heavy atom. The lowest BCUT2D eigenvalue weighted by atomic mass is 10.2. The molecule has 21 heavy (non-hydrogen) atoms. The van der Waals surface area contributed by atoms with E-state index in [0.717, 1.165) is 43.1 Å². The van der Waals surface area contributed by atoms with Crippen molar-refractivity contribution in [2.45, 2.75) is 47.1 Å². The average Bonchev–Trinajstić information content (AvgIpc) is 2.90. The topological polar surface area (TPSA) is 55.6 Å². The number of hydrogen-bond acceptors (Lipinski definition) is 4. The van der Waals surface area contributed by atoms with Crippen molar-refractivity contribution in [3.05, 3.63) is 35.5 Å². The van der Waals surface area contributed by atoms with E-state index in [0.29, 0.717) is 5.92 Å². The number of aromatic nitrogens is 4. The Hall–Kier alpha value is -1.75. The second kappa shape index (κ2) is 7.31. The maximum absolute atomic E-state index is 4.67. The van der Waals surface area contributed by atoms with Gasteiger partial charge in [0, 0.05) is 18.4 Å². The van der Waals surface area contributed by atoms with Gasteiger partial charge in [0.2, 0.25) is 0 Å². The fourth-order valence-corrected chi connectivity index (χ4v) is 2.17. The fourth-order valence-electron chi connectivity index (χ4n) is 2.17. The van der Waals surface area contributed by atoms with E-state index in [9.17, 15) is 0 Å².